The van der Waals surface area contributed by atoms with Crippen molar-refractivity contribution >= 4 is 33.4 Å². The fourth-order valence-electron chi connectivity index (χ4n) is 2.66. The highest BCUT2D eigenvalue weighted by molar-refractivity contribution is 7.99. The predicted octanol–water partition coefficient (Wildman–Crippen LogP) is 2.75. The Morgan fingerprint density at radius 3 is 2.76 bits per heavy atom. The van der Waals surface area contributed by atoms with E-state index in [9.17, 15) is 8.42 Å². The van der Waals surface area contributed by atoms with Crippen LogP contribution < -0.4 is 10.5 Å². The van der Waals surface area contributed by atoms with Gasteiger partial charge in [0.05, 0.1) is 4.90 Å². The first kappa shape index (κ1) is 17.1. The summed E-state index contributed by atoms with van der Waals surface area (Å²) in [5.41, 5.74) is 6.23. The number of benzene rings is 1. The lowest BCUT2D eigenvalue weighted by atomic mass is 9.96. The molecule has 2 atom stereocenters. The third-order valence-electron chi connectivity index (χ3n) is 3.86. The Morgan fingerprint density at radius 1 is 1.38 bits per heavy atom. The van der Waals surface area contributed by atoms with Gasteiger partial charge in [0.1, 0.15) is 0 Å². The molecule has 3 N–H and O–H groups in total. The molecule has 0 aromatic heterocycles. The molecular formula is C14H21ClN2O2S2. The number of rotatable bonds is 5. The molecule has 1 aliphatic rings. The lowest BCUT2D eigenvalue weighted by Gasteiger charge is -2.30. The molecular weight excluding hydrogens is 328 g/mol. The summed E-state index contributed by atoms with van der Waals surface area (Å²) < 4.78 is 27.9. The molecule has 118 valence electrons. The van der Waals surface area contributed by atoms with Crippen LogP contribution in [-0.4, -0.2) is 26.0 Å². The lowest BCUT2D eigenvalue weighted by Crippen LogP contribution is -2.43. The van der Waals surface area contributed by atoms with Gasteiger partial charge in [0.25, 0.3) is 0 Å². The van der Waals surface area contributed by atoms with Gasteiger partial charge in [-0.1, -0.05) is 24.4 Å². The molecule has 2 rings (SSSR count). The zero-order valence-corrected chi connectivity index (χ0v) is 14.4. The summed E-state index contributed by atoms with van der Waals surface area (Å²) in [6, 6.07) is 4.67. The van der Waals surface area contributed by atoms with Gasteiger partial charge in [-0.2, -0.15) is 11.8 Å². The van der Waals surface area contributed by atoms with Crippen LogP contribution in [0.1, 0.15) is 31.2 Å². The molecule has 0 radical (unpaired) electrons. The van der Waals surface area contributed by atoms with Gasteiger partial charge in [-0.15, -0.1) is 0 Å². The van der Waals surface area contributed by atoms with E-state index in [1.165, 1.54) is 12.5 Å². The van der Waals surface area contributed by atoms with Gasteiger partial charge in [0.2, 0.25) is 10.0 Å². The molecule has 4 nitrogen and oxygen atoms in total. The van der Waals surface area contributed by atoms with Crippen LogP contribution in [0, 0.1) is 0 Å². The van der Waals surface area contributed by atoms with Crippen LogP contribution in [0.15, 0.2) is 23.1 Å². The van der Waals surface area contributed by atoms with E-state index >= 15 is 0 Å². The van der Waals surface area contributed by atoms with Gasteiger partial charge in [-0.25, -0.2) is 13.1 Å². The van der Waals surface area contributed by atoms with E-state index in [1.807, 2.05) is 6.26 Å². The standard InChI is InChI=1S/C14H21ClN2O2S2/c1-20-14-5-3-2-4-13(14)17-21(18,19)11-6-7-12(15)10(8-11)9-16/h6-8,13-14,17H,2-5,9,16H2,1H3. The van der Waals surface area contributed by atoms with Crippen molar-refractivity contribution in [2.45, 2.75) is 48.4 Å². The maximum atomic E-state index is 12.5. The number of hydrogen-bond acceptors (Lipinski definition) is 4. The summed E-state index contributed by atoms with van der Waals surface area (Å²) in [5.74, 6) is 0. The van der Waals surface area contributed by atoms with Crippen LogP contribution in [0.4, 0.5) is 0 Å². The molecule has 1 aliphatic carbocycles. The number of halogens is 1. The predicted molar refractivity (Wildman–Crippen MR) is 89.2 cm³/mol. The zero-order valence-electron chi connectivity index (χ0n) is 12.0. The monoisotopic (exact) mass is 348 g/mol. The molecule has 1 aromatic carbocycles. The van der Waals surface area contributed by atoms with Crippen molar-refractivity contribution in [1.29, 1.82) is 0 Å². The minimum atomic E-state index is -3.53. The van der Waals surface area contributed by atoms with Crippen molar-refractivity contribution in [2.24, 2.45) is 5.73 Å². The van der Waals surface area contributed by atoms with E-state index in [4.69, 9.17) is 17.3 Å². The Hall–Kier alpha value is -0.270. The quantitative estimate of drug-likeness (QED) is 0.858. The van der Waals surface area contributed by atoms with Crippen LogP contribution >= 0.6 is 23.4 Å². The van der Waals surface area contributed by atoms with Crippen molar-refractivity contribution in [3.05, 3.63) is 28.8 Å². The first-order valence-corrected chi connectivity index (χ1v) is 10.2. The second-order valence-corrected chi connectivity index (χ2v) is 8.44. The molecule has 21 heavy (non-hydrogen) atoms. The summed E-state index contributed by atoms with van der Waals surface area (Å²) >= 11 is 7.72. The van der Waals surface area contributed by atoms with Crippen LogP contribution in [0.2, 0.25) is 5.02 Å². The van der Waals surface area contributed by atoms with Crippen LogP contribution in [0.25, 0.3) is 0 Å². The van der Waals surface area contributed by atoms with Crippen molar-refractivity contribution in [2.75, 3.05) is 6.26 Å². The number of thioether (sulfide) groups is 1. The first-order valence-electron chi connectivity index (χ1n) is 7.01. The van der Waals surface area contributed by atoms with E-state index in [-0.39, 0.29) is 17.5 Å². The highest BCUT2D eigenvalue weighted by Crippen LogP contribution is 2.28. The normalized spacial score (nSPS) is 23.2. The summed E-state index contributed by atoms with van der Waals surface area (Å²) in [6.45, 7) is 0.221. The number of nitrogens with two attached hydrogens (primary N) is 1. The van der Waals surface area contributed by atoms with Gasteiger partial charge < -0.3 is 5.73 Å². The summed E-state index contributed by atoms with van der Waals surface area (Å²) in [7, 11) is -3.53. The van der Waals surface area contributed by atoms with Crippen LogP contribution in [-0.2, 0) is 16.6 Å². The van der Waals surface area contributed by atoms with E-state index in [0.29, 0.717) is 15.8 Å². The van der Waals surface area contributed by atoms with Gasteiger partial charge in [-0.3, -0.25) is 0 Å². The topological polar surface area (TPSA) is 72.2 Å². The number of hydrogen-bond donors (Lipinski definition) is 2. The second kappa shape index (κ2) is 7.33. The van der Waals surface area contributed by atoms with Crippen molar-refractivity contribution in [3.8, 4) is 0 Å². The minimum Gasteiger partial charge on any atom is -0.326 e. The fraction of sp³-hybridized carbons (Fsp3) is 0.571. The van der Waals surface area contributed by atoms with E-state index in [0.717, 1.165) is 19.3 Å². The maximum absolute atomic E-state index is 12.5. The SMILES string of the molecule is CSC1CCCCC1NS(=O)(=O)c1ccc(Cl)c(CN)c1. The zero-order chi connectivity index (χ0) is 15.5. The molecule has 0 amide bonds. The second-order valence-electron chi connectivity index (χ2n) is 5.24. The molecule has 0 bridgehead atoms. The molecule has 7 heteroatoms. The number of nitrogens with one attached hydrogen (secondary N) is 1. The smallest absolute Gasteiger partial charge is 0.240 e. The summed E-state index contributed by atoms with van der Waals surface area (Å²) in [6.07, 6.45) is 6.22. The summed E-state index contributed by atoms with van der Waals surface area (Å²) in [5, 5.41) is 0.839. The third kappa shape index (κ3) is 4.13. The van der Waals surface area contributed by atoms with Gasteiger partial charge in [0.15, 0.2) is 0 Å². The Morgan fingerprint density at radius 2 is 2.10 bits per heavy atom. The fourth-order valence-corrected chi connectivity index (χ4v) is 5.23. The van der Waals surface area contributed by atoms with Crippen LogP contribution in [0.3, 0.4) is 0 Å². The molecule has 1 fully saturated rings. The molecule has 1 aromatic rings. The largest absolute Gasteiger partial charge is 0.326 e. The highest BCUT2D eigenvalue weighted by atomic mass is 35.5. The first-order chi connectivity index (χ1) is 9.97. The Balaban J connectivity index is 2.21. The molecule has 0 spiro atoms. The molecule has 0 heterocycles. The lowest BCUT2D eigenvalue weighted by molar-refractivity contribution is 0.423. The van der Waals surface area contributed by atoms with Gasteiger partial charge in [0, 0.05) is 22.9 Å². The maximum Gasteiger partial charge on any atom is 0.240 e. The minimum absolute atomic E-state index is 0.00393. The highest BCUT2D eigenvalue weighted by Gasteiger charge is 2.29. The van der Waals surface area contributed by atoms with Crippen molar-refractivity contribution in [3.63, 3.8) is 0 Å². The molecule has 2 unspecified atom stereocenters. The van der Waals surface area contributed by atoms with E-state index in [2.05, 4.69) is 4.72 Å². The Labute approximate surface area is 135 Å². The van der Waals surface area contributed by atoms with E-state index in [1.54, 1.807) is 23.9 Å². The average Bonchev–Trinajstić information content (AvgIpc) is 2.47. The Kier molecular flexibility index (Phi) is 5.96. The van der Waals surface area contributed by atoms with Crippen molar-refractivity contribution < 1.29 is 8.42 Å². The van der Waals surface area contributed by atoms with Crippen molar-refractivity contribution in [1.82, 2.24) is 4.72 Å². The van der Waals surface area contributed by atoms with Crippen LogP contribution in [0.5, 0.6) is 0 Å². The molecule has 0 aliphatic heterocycles. The molecule has 0 saturated heterocycles. The van der Waals surface area contributed by atoms with E-state index < -0.39 is 10.0 Å². The average molecular weight is 349 g/mol. The summed E-state index contributed by atoms with van der Waals surface area (Å²) in [4.78, 5) is 0.234. The third-order valence-corrected chi connectivity index (χ3v) is 6.89. The molecule has 1 saturated carbocycles. The van der Waals surface area contributed by atoms with Gasteiger partial charge in [-0.05, 0) is 42.9 Å². The Bertz CT molecular complexity index is 593. The van der Waals surface area contributed by atoms with Gasteiger partial charge >= 0.3 is 0 Å². The number of sulfonamides is 1.